The van der Waals surface area contributed by atoms with Gasteiger partial charge < -0.3 is 15.0 Å². The van der Waals surface area contributed by atoms with E-state index < -0.39 is 0 Å². The number of ether oxygens (including phenoxy) is 1. The van der Waals surface area contributed by atoms with E-state index in [0.717, 1.165) is 47.7 Å². The van der Waals surface area contributed by atoms with Crippen molar-refractivity contribution in [3.8, 4) is 16.9 Å². The second-order valence-electron chi connectivity index (χ2n) is 9.46. The molecule has 1 saturated heterocycles. The second-order valence-corrected chi connectivity index (χ2v) is 9.46. The Hall–Kier alpha value is -4.70. The molecule has 0 spiro atoms. The van der Waals surface area contributed by atoms with Crippen molar-refractivity contribution in [2.24, 2.45) is 0 Å². The first-order chi connectivity index (χ1) is 19.0. The maximum atomic E-state index is 12.1. The maximum absolute atomic E-state index is 12.1. The average molecular weight is 525 g/mol. The van der Waals surface area contributed by atoms with Gasteiger partial charge in [-0.25, -0.2) is 9.97 Å². The summed E-state index contributed by atoms with van der Waals surface area (Å²) < 4.78 is 5.73. The Morgan fingerprint density at radius 2 is 1.90 bits per heavy atom. The number of likely N-dealkylation sites (tertiary alicyclic amines) is 1. The van der Waals surface area contributed by atoms with E-state index >= 15 is 0 Å². The predicted molar refractivity (Wildman–Crippen MR) is 153 cm³/mol. The number of aromatic nitrogens is 4. The number of anilines is 4. The number of amides is 1. The molecule has 3 heterocycles. The Morgan fingerprint density at radius 1 is 1.15 bits per heavy atom. The maximum Gasteiger partial charge on any atom is 0.250 e. The Balaban J connectivity index is 1.51. The molecule has 1 fully saturated rings. The van der Waals surface area contributed by atoms with Gasteiger partial charge in [0.15, 0.2) is 0 Å². The normalized spacial score (nSPS) is 12.9. The molecule has 10 nitrogen and oxygen atoms in total. The lowest BCUT2D eigenvalue weighted by molar-refractivity contribution is -0.111. The molecular formula is C29H32N8O2. The molecule has 0 saturated carbocycles. The van der Waals surface area contributed by atoms with Gasteiger partial charge >= 0.3 is 0 Å². The fourth-order valence-corrected chi connectivity index (χ4v) is 4.46. The average Bonchev–Trinajstić information content (AvgIpc) is 3.39. The van der Waals surface area contributed by atoms with Crippen LogP contribution in [0.3, 0.4) is 0 Å². The highest BCUT2D eigenvalue weighted by Crippen LogP contribution is 2.39. The van der Waals surface area contributed by atoms with Crippen LogP contribution >= 0.6 is 0 Å². The highest BCUT2D eigenvalue weighted by atomic mass is 16.5. The molecule has 1 N–H and O–H groups in total. The van der Waals surface area contributed by atoms with E-state index in [4.69, 9.17) is 4.74 Å². The number of carbonyl (C=O) groups is 1. The molecule has 0 bridgehead atoms. The van der Waals surface area contributed by atoms with E-state index in [1.54, 1.807) is 30.4 Å². The van der Waals surface area contributed by atoms with Gasteiger partial charge in [0.1, 0.15) is 5.75 Å². The molecule has 2 aromatic heterocycles. The Morgan fingerprint density at radius 3 is 2.51 bits per heavy atom. The fraction of sp³-hybridized carbons (Fsp3) is 0.241. The van der Waals surface area contributed by atoms with Crippen LogP contribution in [0.5, 0.6) is 5.75 Å². The smallest absolute Gasteiger partial charge is 0.250 e. The number of rotatable bonds is 10. The molecule has 200 valence electrons. The molecule has 1 aliphatic rings. The van der Waals surface area contributed by atoms with Gasteiger partial charge in [-0.15, -0.1) is 0 Å². The number of hydrogen-bond acceptors (Lipinski definition) is 8. The minimum absolute atomic E-state index is 0.282. The van der Waals surface area contributed by atoms with E-state index in [0.29, 0.717) is 17.4 Å². The van der Waals surface area contributed by atoms with Crippen LogP contribution in [0.4, 0.5) is 23.0 Å². The third kappa shape index (κ3) is 5.60. The first-order valence-corrected chi connectivity index (χ1v) is 12.7. The standard InChI is InChI=1S/C29H32N8O2/c1-5-28(38)33-25-16-24(27(39-4)17-26(25)34(2)3)22-8-10-23(11-9-22)37(29-30-12-6-13-31-29)36-20-21(18-32-36)19-35-14-7-15-35/h5-6,8-13,16-18,20H,1,7,14-15,19H2,2-4H3,(H,33,38). The Kier molecular flexibility index (Phi) is 7.55. The van der Waals surface area contributed by atoms with Gasteiger partial charge in [-0.2, -0.15) is 14.9 Å². The zero-order valence-corrected chi connectivity index (χ0v) is 22.4. The summed E-state index contributed by atoms with van der Waals surface area (Å²) in [5.41, 5.74) is 5.22. The highest BCUT2D eigenvalue weighted by Gasteiger charge is 2.20. The van der Waals surface area contributed by atoms with Crippen molar-refractivity contribution in [2.45, 2.75) is 13.0 Å². The summed E-state index contributed by atoms with van der Waals surface area (Å²) >= 11 is 0. The first kappa shape index (κ1) is 25.9. The lowest BCUT2D eigenvalue weighted by atomic mass is 10.0. The van der Waals surface area contributed by atoms with Crippen LogP contribution in [0.1, 0.15) is 12.0 Å². The molecule has 2 aromatic carbocycles. The Labute approximate surface area is 228 Å². The summed E-state index contributed by atoms with van der Waals surface area (Å²) in [5.74, 6) is 0.913. The monoisotopic (exact) mass is 524 g/mol. The summed E-state index contributed by atoms with van der Waals surface area (Å²) in [4.78, 5) is 27.2. The van der Waals surface area contributed by atoms with E-state index in [1.807, 2.05) is 72.8 Å². The first-order valence-electron chi connectivity index (χ1n) is 12.7. The molecule has 39 heavy (non-hydrogen) atoms. The van der Waals surface area contributed by atoms with Crippen LogP contribution < -0.4 is 20.0 Å². The van der Waals surface area contributed by atoms with Gasteiger partial charge in [-0.05, 0) is 55.4 Å². The molecule has 0 unspecified atom stereocenters. The van der Waals surface area contributed by atoms with Crippen molar-refractivity contribution in [3.63, 3.8) is 0 Å². The van der Waals surface area contributed by atoms with Crippen molar-refractivity contribution >= 4 is 28.9 Å². The summed E-state index contributed by atoms with van der Waals surface area (Å²) in [6, 6.07) is 13.6. The van der Waals surface area contributed by atoms with Crippen LogP contribution in [0, 0.1) is 0 Å². The SMILES string of the molecule is C=CC(=O)Nc1cc(-c2ccc(N(c3ncccn3)n3cc(CN4CCC4)cn3)cc2)c(OC)cc1N(C)C. The Bertz CT molecular complexity index is 1450. The van der Waals surface area contributed by atoms with Crippen molar-refractivity contribution in [1.29, 1.82) is 0 Å². The molecule has 0 aliphatic carbocycles. The van der Waals surface area contributed by atoms with Crippen molar-refractivity contribution in [3.05, 3.63) is 85.5 Å². The molecule has 0 radical (unpaired) electrons. The van der Waals surface area contributed by atoms with Crippen LogP contribution in [-0.4, -0.2) is 65.0 Å². The molecule has 1 amide bonds. The topological polar surface area (TPSA) is 91.7 Å². The van der Waals surface area contributed by atoms with Crippen LogP contribution in [0.25, 0.3) is 11.1 Å². The number of benzene rings is 2. The number of carbonyl (C=O) groups excluding carboxylic acids is 1. The van der Waals surface area contributed by atoms with Crippen molar-refractivity contribution in [2.75, 3.05) is 49.5 Å². The van der Waals surface area contributed by atoms with Crippen molar-refractivity contribution < 1.29 is 9.53 Å². The van der Waals surface area contributed by atoms with Crippen LogP contribution in [0.15, 0.2) is 79.9 Å². The van der Waals surface area contributed by atoms with Gasteiger partial charge in [0, 0.05) is 50.2 Å². The van der Waals surface area contributed by atoms with Crippen LogP contribution in [0.2, 0.25) is 0 Å². The minimum Gasteiger partial charge on any atom is -0.496 e. The number of methoxy groups -OCH3 is 1. The summed E-state index contributed by atoms with van der Waals surface area (Å²) in [6.45, 7) is 6.68. The quantitative estimate of drug-likeness (QED) is 0.306. The van der Waals surface area contributed by atoms with Gasteiger partial charge in [-0.3, -0.25) is 9.69 Å². The van der Waals surface area contributed by atoms with Gasteiger partial charge in [0.05, 0.1) is 36.6 Å². The molecular weight excluding hydrogens is 492 g/mol. The largest absolute Gasteiger partial charge is 0.496 e. The van der Waals surface area contributed by atoms with Gasteiger partial charge in [0.2, 0.25) is 5.91 Å². The minimum atomic E-state index is -0.282. The molecule has 0 atom stereocenters. The van der Waals surface area contributed by atoms with E-state index in [2.05, 4.69) is 31.9 Å². The highest BCUT2D eigenvalue weighted by molar-refractivity contribution is 6.02. The van der Waals surface area contributed by atoms with Gasteiger partial charge in [-0.1, -0.05) is 18.7 Å². The summed E-state index contributed by atoms with van der Waals surface area (Å²) in [6.07, 6.45) is 9.83. The number of hydrogen-bond donors (Lipinski definition) is 1. The molecule has 4 aromatic rings. The van der Waals surface area contributed by atoms with Crippen LogP contribution in [-0.2, 0) is 11.3 Å². The van der Waals surface area contributed by atoms with E-state index in [1.165, 1.54) is 12.5 Å². The third-order valence-electron chi connectivity index (χ3n) is 6.59. The molecule has 5 rings (SSSR count). The lowest BCUT2D eigenvalue weighted by Gasteiger charge is -2.30. The summed E-state index contributed by atoms with van der Waals surface area (Å²) in [5, 5.41) is 9.40. The van der Waals surface area contributed by atoms with E-state index in [-0.39, 0.29) is 5.91 Å². The fourth-order valence-electron chi connectivity index (χ4n) is 4.46. The predicted octanol–water partition coefficient (Wildman–Crippen LogP) is 4.35. The molecule has 1 aliphatic heterocycles. The zero-order valence-electron chi connectivity index (χ0n) is 22.4. The van der Waals surface area contributed by atoms with Gasteiger partial charge in [0.25, 0.3) is 5.95 Å². The summed E-state index contributed by atoms with van der Waals surface area (Å²) in [7, 11) is 5.47. The van der Waals surface area contributed by atoms with E-state index in [9.17, 15) is 4.79 Å². The second kappa shape index (κ2) is 11.4. The van der Waals surface area contributed by atoms with Crippen molar-refractivity contribution in [1.82, 2.24) is 24.8 Å². The number of nitrogens with one attached hydrogen (secondary N) is 1. The zero-order chi connectivity index (χ0) is 27.4. The number of nitrogens with zero attached hydrogens (tertiary/aromatic N) is 7. The third-order valence-corrected chi connectivity index (χ3v) is 6.59. The lowest BCUT2D eigenvalue weighted by Crippen LogP contribution is -2.36. The molecule has 10 heteroatoms.